The molecule has 0 saturated heterocycles. The van der Waals surface area contributed by atoms with Crippen molar-refractivity contribution in [3.63, 3.8) is 0 Å². The van der Waals surface area contributed by atoms with E-state index in [0.29, 0.717) is 29.1 Å². The summed E-state index contributed by atoms with van der Waals surface area (Å²) in [4.78, 5) is 47.1. The van der Waals surface area contributed by atoms with Crippen molar-refractivity contribution in [2.75, 3.05) is 19.8 Å². The maximum Gasteiger partial charge on any atom is 0.343 e. The van der Waals surface area contributed by atoms with Gasteiger partial charge in [0.1, 0.15) is 30.5 Å². The molecule has 3 rings (SSSR count). The summed E-state index contributed by atoms with van der Waals surface area (Å²) in [5.74, 6) is -0.701. The van der Waals surface area contributed by atoms with E-state index < -0.39 is 23.9 Å². The van der Waals surface area contributed by atoms with Crippen LogP contribution in [0.3, 0.4) is 0 Å². The van der Waals surface area contributed by atoms with E-state index in [1.54, 1.807) is 13.0 Å². The molecule has 0 radical (unpaired) electrons. The number of hydrogen-bond acceptors (Lipinski definition) is 9. The van der Waals surface area contributed by atoms with Crippen LogP contribution in [0.15, 0.2) is 91.5 Å². The predicted molar refractivity (Wildman–Crippen MR) is 155 cm³/mol. The summed E-state index contributed by atoms with van der Waals surface area (Å²) in [6.07, 6.45) is 1.48. The first-order chi connectivity index (χ1) is 20.2. The normalized spacial score (nSPS) is 10.2. The lowest BCUT2D eigenvalue weighted by atomic mass is 10.0. The molecule has 0 saturated carbocycles. The van der Waals surface area contributed by atoms with Crippen LogP contribution in [0.25, 0.3) is 11.1 Å². The van der Waals surface area contributed by atoms with Crippen molar-refractivity contribution in [1.82, 2.24) is 0 Å². The van der Waals surface area contributed by atoms with E-state index in [9.17, 15) is 19.2 Å². The van der Waals surface area contributed by atoms with E-state index in [-0.39, 0.29) is 32.0 Å². The highest BCUT2D eigenvalue weighted by Crippen LogP contribution is 2.28. The first-order valence-electron chi connectivity index (χ1n) is 13.1. The van der Waals surface area contributed by atoms with Gasteiger partial charge in [0.15, 0.2) is 0 Å². The molecule has 0 heterocycles. The van der Waals surface area contributed by atoms with Gasteiger partial charge in [-0.25, -0.2) is 14.4 Å². The smallest absolute Gasteiger partial charge is 0.343 e. The zero-order valence-corrected chi connectivity index (χ0v) is 23.6. The molecule has 3 aromatic rings. The van der Waals surface area contributed by atoms with Crippen LogP contribution in [0.5, 0.6) is 17.2 Å². The Hall–Kier alpha value is -5.18. The van der Waals surface area contributed by atoms with Gasteiger partial charge >= 0.3 is 23.9 Å². The molecule has 0 aliphatic carbocycles. The van der Waals surface area contributed by atoms with Gasteiger partial charge in [0.05, 0.1) is 12.2 Å². The molecule has 0 aliphatic rings. The van der Waals surface area contributed by atoms with Crippen molar-refractivity contribution in [2.24, 2.45) is 0 Å². The van der Waals surface area contributed by atoms with Gasteiger partial charge in [0, 0.05) is 18.1 Å². The largest absolute Gasteiger partial charge is 0.490 e. The molecule has 0 aromatic heterocycles. The van der Waals surface area contributed by atoms with Crippen LogP contribution in [0.4, 0.5) is 0 Å². The third-order valence-corrected chi connectivity index (χ3v) is 5.76. The Kier molecular flexibility index (Phi) is 11.6. The van der Waals surface area contributed by atoms with Crippen molar-refractivity contribution in [2.45, 2.75) is 26.7 Å². The minimum Gasteiger partial charge on any atom is -0.490 e. The third-order valence-electron chi connectivity index (χ3n) is 5.76. The van der Waals surface area contributed by atoms with Crippen LogP contribution in [-0.4, -0.2) is 43.7 Å². The second kappa shape index (κ2) is 15.6. The first kappa shape index (κ1) is 31.3. The van der Waals surface area contributed by atoms with Gasteiger partial charge in [-0.3, -0.25) is 4.79 Å². The molecule has 9 heteroatoms. The van der Waals surface area contributed by atoms with Gasteiger partial charge in [-0.15, -0.1) is 0 Å². The van der Waals surface area contributed by atoms with Crippen LogP contribution >= 0.6 is 0 Å². The number of ether oxygens (including phenoxy) is 5. The lowest BCUT2D eigenvalue weighted by Gasteiger charge is -2.11. The lowest BCUT2D eigenvalue weighted by molar-refractivity contribution is -0.141. The number of rotatable bonds is 14. The number of carbonyl (C=O) groups is 4. The van der Waals surface area contributed by atoms with Gasteiger partial charge < -0.3 is 23.7 Å². The highest BCUT2D eigenvalue weighted by atomic mass is 16.6. The van der Waals surface area contributed by atoms with E-state index in [1.165, 1.54) is 24.3 Å². The number of carbonyl (C=O) groups excluding carboxylic acids is 4. The summed E-state index contributed by atoms with van der Waals surface area (Å²) >= 11 is 0. The van der Waals surface area contributed by atoms with E-state index in [1.807, 2.05) is 43.3 Å². The van der Waals surface area contributed by atoms with Crippen LogP contribution in [0.2, 0.25) is 0 Å². The van der Waals surface area contributed by atoms with Crippen LogP contribution in [0.1, 0.15) is 35.7 Å². The number of benzene rings is 3. The summed E-state index contributed by atoms with van der Waals surface area (Å²) in [5.41, 5.74) is 3.23. The Balaban J connectivity index is 1.49. The second-order valence-electron chi connectivity index (χ2n) is 9.13. The lowest BCUT2D eigenvalue weighted by Crippen LogP contribution is -2.12. The average Bonchev–Trinajstić information content (AvgIpc) is 2.98. The highest BCUT2D eigenvalue weighted by Gasteiger charge is 2.13. The topological polar surface area (TPSA) is 114 Å². The van der Waals surface area contributed by atoms with Crippen LogP contribution < -0.4 is 14.2 Å². The SMILES string of the molecule is C=CC(=O)OCCOc1ccc(-c2ccc(OC(=O)c3ccc(OC(=O)CCCOC(=O)C(=C)C)cc3)c(C)c2)cc1. The van der Waals surface area contributed by atoms with Crippen molar-refractivity contribution in [1.29, 1.82) is 0 Å². The molecular formula is C33H32O9. The molecule has 0 bridgehead atoms. The van der Waals surface area contributed by atoms with E-state index in [4.69, 9.17) is 23.7 Å². The highest BCUT2D eigenvalue weighted by molar-refractivity contribution is 5.91. The summed E-state index contributed by atoms with van der Waals surface area (Å²) in [5, 5.41) is 0. The van der Waals surface area contributed by atoms with Gasteiger partial charge in [0.25, 0.3) is 0 Å². The molecule has 0 unspecified atom stereocenters. The van der Waals surface area contributed by atoms with Crippen molar-refractivity contribution in [3.05, 3.63) is 103 Å². The fourth-order valence-corrected chi connectivity index (χ4v) is 3.55. The molecule has 218 valence electrons. The van der Waals surface area contributed by atoms with E-state index >= 15 is 0 Å². The number of aryl methyl sites for hydroxylation is 1. The Morgan fingerprint density at radius 3 is 2.10 bits per heavy atom. The molecule has 9 nitrogen and oxygen atoms in total. The van der Waals surface area contributed by atoms with Crippen LogP contribution in [0, 0.1) is 6.92 Å². The van der Waals surface area contributed by atoms with E-state index in [0.717, 1.165) is 22.8 Å². The number of hydrogen-bond donors (Lipinski definition) is 0. The van der Waals surface area contributed by atoms with Gasteiger partial charge in [-0.1, -0.05) is 31.4 Å². The second-order valence-corrected chi connectivity index (χ2v) is 9.13. The Morgan fingerprint density at radius 2 is 1.45 bits per heavy atom. The summed E-state index contributed by atoms with van der Waals surface area (Å²) < 4.78 is 26.2. The third kappa shape index (κ3) is 9.78. The number of esters is 4. The average molecular weight is 573 g/mol. The Morgan fingerprint density at radius 1 is 0.786 bits per heavy atom. The van der Waals surface area contributed by atoms with Crippen LogP contribution in [-0.2, 0) is 23.9 Å². The Labute approximate surface area is 244 Å². The van der Waals surface area contributed by atoms with E-state index in [2.05, 4.69) is 13.2 Å². The predicted octanol–water partition coefficient (Wildman–Crippen LogP) is 5.79. The van der Waals surface area contributed by atoms with Crippen molar-refractivity contribution >= 4 is 23.9 Å². The molecular weight excluding hydrogens is 540 g/mol. The maximum atomic E-state index is 12.7. The monoisotopic (exact) mass is 572 g/mol. The van der Waals surface area contributed by atoms with Gasteiger partial charge in [-0.2, -0.15) is 0 Å². The van der Waals surface area contributed by atoms with Gasteiger partial charge in [0.2, 0.25) is 0 Å². The zero-order chi connectivity index (χ0) is 30.5. The molecule has 0 aliphatic heterocycles. The molecule has 0 amide bonds. The first-order valence-corrected chi connectivity index (χ1v) is 13.1. The standard InChI is InChI=1S/C33H32O9/c1-5-30(34)39-20-19-38-27-13-8-24(9-14-27)26-12-17-29(23(4)21-26)42-33(37)25-10-15-28(16-11-25)41-31(35)7-6-18-40-32(36)22(2)3/h5,8-17,21H,1-2,6-7,18-20H2,3-4H3. The molecule has 0 fully saturated rings. The Bertz CT molecular complexity index is 1440. The van der Waals surface area contributed by atoms with Crippen molar-refractivity contribution in [3.8, 4) is 28.4 Å². The summed E-state index contributed by atoms with van der Waals surface area (Å²) in [7, 11) is 0. The molecule has 0 N–H and O–H groups in total. The fraction of sp³-hybridized carbons (Fsp3) is 0.212. The summed E-state index contributed by atoms with van der Waals surface area (Å²) in [6, 6.07) is 19.0. The van der Waals surface area contributed by atoms with Crippen molar-refractivity contribution < 1.29 is 42.9 Å². The summed E-state index contributed by atoms with van der Waals surface area (Å²) in [6.45, 7) is 10.7. The maximum absolute atomic E-state index is 12.7. The quantitative estimate of drug-likeness (QED) is 0.102. The molecule has 0 spiro atoms. The molecule has 42 heavy (non-hydrogen) atoms. The molecule has 3 aromatic carbocycles. The minimum absolute atomic E-state index is 0.0650. The molecule has 0 atom stereocenters. The zero-order valence-electron chi connectivity index (χ0n) is 23.6. The fourth-order valence-electron chi connectivity index (χ4n) is 3.55. The minimum atomic E-state index is -0.552. The van der Waals surface area contributed by atoms with Gasteiger partial charge in [-0.05, 0) is 85.5 Å².